The van der Waals surface area contributed by atoms with E-state index in [1.807, 2.05) is 48.7 Å². The largest absolute Gasteiger partial charge is 0.353 e. The quantitative estimate of drug-likeness (QED) is 0.715. The minimum absolute atomic E-state index is 0.109. The smallest absolute Gasteiger partial charge is 0.220 e. The summed E-state index contributed by atoms with van der Waals surface area (Å²) >= 11 is 0. The van der Waals surface area contributed by atoms with Gasteiger partial charge in [-0.15, -0.1) is 10.2 Å². The van der Waals surface area contributed by atoms with E-state index in [9.17, 15) is 4.79 Å². The Hall–Kier alpha value is -3.09. The standard InChI is InChI=1S/C21H24N6O/c28-20(13-8-16-5-4-14-22-15-16)23-18-9-11-19(12-10-18)27-25-21(24-26-27)17-6-2-1-3-7-17/h1-7,14-15,18-19H,8-13H2,(H,23,28). The van der Waals surface area contributed by atoms with Crippen LogP contribution in [0.2, 0.25) is 0 Å². The Morgan fingerprint density at radius 1 is 1.07 bits per heavy atom. The van der Waals surface area contributed by atoms with Crippen molar-refractivity contribution in [3.8, 4) is 11.4 Å². The summed E-state index contributed by atoms with van der Waals surface area (Å²) in [5, 5.41) is 16.2. The molecular weight excluding hydrogens is 352 g/mol. The minimum atomic E-state index is 0.109. The average Bonchev–Trinajstić information content (AvgIpc) is 3.25. The van der Waals surface area contributed by atoms with Crippen molar-refractivity contribution in [1.29, 1.82) is 0 Å². The molecule has 0 saturated heterocycles. The molecule has 2 heterocycles. The van der Waals surface area contributed by atoms with Crippen LogP contribution in [0.15, 0.2) is 54.9 Å². The Morgan fingerprint density at radius 3 is 2.64 bits per heavy atom. The van der Waals surface area contributed by atoms with Gasteiger partial charge in [0.25, 0.3) is 0 Å². The number of aryl methyl sites for hydroxylation is 1. The number of benzene rings is 1. The molecule has 0 radical (unpaired) electrons. The first-order chi connectivity index (χ1) is 13.8. The second-order valence-corrected chi connectivity index (χ2v) is 7.23. The molecule has 7 heteroatoms. The zero-order chi connectivity index (χ0) is 19.2. The van der Waals surface area contributed by atoms with E-state index in [1.165, 1.54) is 0 Å². The van der Waals surface area contributed by atoms with Gasteiger partial charge in [-0.05, 0) is 48.9 Å². The van der Waals surface area contributed by atoms with Gasteiger partial charge in [0, 0.05) is 30.4 Å². The van der Waals surface area contributed by atoms with Gasteiger partial charge in [-0.1, -0.05) is 36.4 Å². The number of hydrogen-bond acceptors (Lipinski definition) is 5. The number of tetrazole rings is 1. The number of aromatic nitrogens is 5. The predicted octanol–water partition coefficient (Wildman–Crippen LogP) is 2.97. The molecule has 2 aromatic heterocycles. The minimum Gasteiger partial charge on any atom is -0.353 e. The Morgan fingerprint density at radius 2 is 1.89 bits per heavy atom. The molecule has 1 N–H and O–H groups in total. The van der Waals surface area contributed by atoms with Crippen molar-refractivity contribution in [3.63, 3.8) is 0 Å². The zero-order valence-electron chi connectivity index (χ0n) is 15.7. The Bertz CT molecular complexity index is 888. The highest BCUT2D eigenvalue weighted by Crippen LogP contribution is 2.28. The van der Waals surface area contributed by atoms with Crippen LogP contribution in [0.1, 0.15) is 43.7 Å². The second kappa shape index (κ2) is 8.73. The molecule has 28 heavy (non-hydrogen) atoms. The summed E-state index contributed by atoms with van der Waals surface area (Å²) in [6, 6.07) is 14.3. The number of nitrogens with zero attached hydrogens (tertiary/aromatic N) is 5. The van der Waals surface area contributed by atoms with E-state index in [0.717, 1.165) is 43.2 Å². The van der Waals surface area contributed by atoms with Gasteiger partial charge in [-0.2, -0.15) is 4.80 Å². The summed E-state index contributed by atoms with van der Waals surface area (Å²) in [7, 11) is 0. The van der Waals surface area contributed by atoms with Crippen LogP contribution in [0.25, 0.3) is 11.4 Å². The van der Waals surface area contributed by atoms with Crippen LogP contribution in [-0.4, -0.2) is 37.1 Å². The normalized spacial score (nSPS) is 19.3. The summed E-state index contributed by atoms with van der Waals surface area (Å²) in [6.07, 6.45) is 8.53. The molecule has 0 unspecified atom stereocenters. The van der Waals surface area contributed by atoms with Crippen molar-refractivity contribution in [2.45, 2.75) is 50.6 Å². The molecule has 1 aliphatic rings. The van der Waals surface area contributed by atoms with Crippen molar-refractivity contribution in [1.82, 2.24) is 30.5 Å². The highest BCUT2D eigenvalue weighted by molar-refractivity contribution is 5.76. The van der Waals surface area contributed by atoms with Gasteiger partial charge in [0.2, 0.25) is 11.7 Å². The molecule has 7 nitrogen and oxygen atoms in total. The molecule has 3 aromatic rings. The molecule has 0 spiro atoms. The van der Waals surface area contributed by atoms with Crippen LogP contribution in [0.3, 0.4) is 0 Å². The lowest BCUT2D eigenvalue weighted by Crippen LogP contribution is -2.38. The molecule has 1 aromatic carbocycles. The number of carbonyl (C=O) groups is 1. The first-order valence-corrected chi connectivity index (χ1v) is 9.81. The van der Waals surface area contributed by atoms with Crippen LogP contribution in [0.4, 0.5) is 0 Å². The van der Waals surface area contributed by atoms with Crippen LogP contribution in [-0.2, 0) is 11.2 Å². The SMILES string of the molecule is O=C(CCc1cccnc1)NC1CCC(n2nnc(-c3ccccc3)n2)CC1. The van der Waals surface area contributed by atoms with Crippen molar-refractivity contribution >= 4 is 5.91 Å². The Kier molecular flexibility index (Phi) is 5.70. The maximum absolute atomic E-state index is 12.2. The third-order valence-corrected chi connectivity index (χ3v) is 5.21. The molecule has 144 valence electrons. The summed E-state index contributed by atoms with van der Waals surface area (Å²) in [4.78, 5) is 18.0. The third-order valence-electron chi connectivity index (χ3n) is 5.21. The second-order valence-electron chi connectivity index (χ2n) is 7.23. The van der Waals surface area contributed by atoms with Crippen LogP contribution >= 0.6 is 0 Å². The van der Waals surface area contributed by atoms with E-state index in [4.69, 9.17) is 0 Å². The number of nitrogens with one attached hydrogen (secondary N) is 1. The molecular formula is C21H24N6O. The average molecular weight is 376 g/mol. The van der Waals surface area contributed by atoms with Crippen molar-refractivity contribution in [2.24, 2.45) is 0 Å². The van der Waals surface area contributed by atoms with E-state index in [1.54, 1.807) is 11.0 Å². The van der Waals surface area contributed by atoms with Gasteiger partial charge >= 0.3 is 0 Å². The van der Waals surface area contributed by atoms with Crippen molar-refractivity contribution < 1.29 is 4.79 Å². The summed E-state index contributed by atoms with van der Waals surface area (Å²) in [5.74, 6) is 0.768. The molecule has 1 aliphatic carbocycles. The lowest BCUT2D eigenvalue weighted by atomic mass is 9.91. The van der Waals surface area contributed by atoms with Crippen LogP contribution < -0.4 is 5.32 Å². The first-order valence-electron chi connectivity index (χ1n) is 9.81. The zero-order valence-corrected chi connectivity index (χ0v) is 15.7. The number of rotatable bonds is 6. The molecule has 0 atom stereocenters. The van der Waals surface area contributed by atoms with E-state index < -0.39 is 0 Å². The first kappa shape index (κ1) is 18.3. The lowest BCUT2D eigenvalue weighted by molar-refractivity contribution is -0.122. The predicted molar refractivity (Wildman–Crippen MR) is 105 cm³/mol. The number of amides is 1. The summed E-state index contributed by atoms with van der Waals surface area (Å²) in [5.41, 5.74) is 2.07. The highest BCUT2D eigenvalue weighted by atomic mass is 16.1. The Labute approximate surface area is 164 Å². The molecule has 0 aliphatic heterocycles. The van der Waals surface area contributed by atoms with Crippen molar-refractivity contribution in [2.75, 3.05) is 0 Å². The van der Waals surface area contributed by atoms with Gasteiger partial charge < -0.3 is 5.32 Å². The Balaban J connectivity index is 1.24. The molecule has 1 saturated carbocycles. The van der Waals surface area contributed by atoms with Gasteiger partial charge in [0.1, 0.15) is 0 Å². The van der Waals surface area contributed by atoms with E-state index in [2.05, 4.69) is 25.7 Å². The molecule has 0 bridgehead atoms. The summed E-state index contributed by atoms with van der Waals surface area (Å²) in [6.45, 7) is 0. The topological polar surface area (TPSA) is 85.6 Å². The fraction of sp³-hybridized carbons (Fsp3) is 0.381. The maximum Gasteiger partial charge on any atom is 0.220 e. The van der Waals surface area contributed by atoms with Gasteiger partial charge in [-0.3, -0.25) is 9.78 Å². The molecule has 1 fully saturated rings. The maximum atomic E-state index is 12.2. The van der Waals surface area contributed by atoms with E-state index >= 15 is 0 Å². The lowest BCUT2D eigenvalue weighted by Gasteiger charge is -2.28. The van der Waals surface area contributed by atoms with Crippen LogP contribution in [0.5, 0.6) is 0 Å². The monoisotopic (exact) mass is 376 g/mol. The fourth-order valence-corrected chi connectivity index (χ4v) is 3.64. The molecule has 1 amide bonds. The van der Waals surface area contributed by atoms with E-state index in [0.29, 0.717) is 12.2 Å². The third kappa shape index (κ3) is 4.60. The van der Waals surface area contributed by atoms with Gasteiger partial charge in [-0.25, -0.2) is 0 Å². The number of carbonyl (C=O) groups excluding carboxylic acids is 1. The van der Waals surface area contributed by atoms with Crippen LogP contribution in [0, 0.1) is 0 Å². The fourth-order valence-electron chi connectivity index (χ4n) is 3.64. The number of pyridine rings is 1. The molecule has 4 rings (SSSR count). The van der Waals surface area contributed by atoms with Gasteiger partial charge in [0.05, 0.1) is 6.04 Å². The van der Waals surface area contributed by atoms with Crippen molar-refractivity contribution in [3.05, 3.63) is 60.4 Å². The summed E-state index contributed by atoms with van der Waals surface area (Å²) < 4.78 is 0. The van der Waals surface area contributed by atoms with Gasteiger partial charge in [0.15, 0.2) is 0 Å². The van der Waals surface area contributed by atoms with E-state index in [-0.39, 0.29) is 18.0 Å². The number of hydrogen-bond donors (Lipinski definition) is 1. The highest BCUT2D eigenvalue weighted by Gasteiger charge is 2.25.